The van der Waals surface area contributed by atoms with Gasteiger partial charge in [-0.05, 0) is 49.6 Å². The molecule has 0 unspecified atom stereocenters. The fourth-order valence-electron chi connectivity index (χ4n) is 3.55. The van der Waals surface area contributed by atoms with Gasteiger partial charge >= 0.3 is 6.03 Å². The fraction of sp³-hybridized carbons (Fsp3) is 0.360. The summed E-state index contributed by atoms with van der Waals surface area (Å²) in [5.41, 5.74) is -0.513. The number of carbonyl (C=O) groups is 2. The molecule has 0 bridgehead atoms. The summed E-state index contributed by atoms with van der Waals surface area (Å²) >= 11 is 0. The van der Waals surface area contributed by atoms with Crippen molar-refractivity contribution >= 4 is 23.0 Å². The number of rotatable bonds is 8. The monoisotopic (exact) mass is 499 g/mol. The van der Waals surface area contributed by atoms with Gasteiger partial charge in [-0.2, -0.15) is 0 Å². The number of benzene rings is 1. The van der Waals surface area contributed by atoms with E-state index in [2.05, 4.69) is 15.6 Å². The number of amides is 3. The molecule has 2 heterocycles. The number of aromatic nitrogens is 2. The number of aromatic hydroxyl groups is 1. The Balaban J connectivity index is 2.09. The molecule has 3 amide bonds. The highest BCUT2D eigenvalue weighted by molar-refractivity contribution is 6.01. The number of nitrogens with one attached hydrogen (secondary N) is 2. The van der Waals surface area contributed by atoms with Gasteiger partial charge in [0.05, 0.1) is 17.7 Å². The highest BCUT2D eigenvalue weighted by Crippen LogP contribution is 2.26. The van der Waals surface area contributed by atoms with Gasteiger partial charge in [0.1, 0.15) is 16.9 Å². The van der Waals surface area contributed by atoms with E-state index >= 15 is 0 Å². The summed E-state index contributed by atoms with van der Waals surface area (Å²) < 4.78 is 14.5. The number of carbonyl (C=O) groups excluding carboxylic acids is 2. The minimum atomic E-state index is -1.04. The van der Waals surface area contributed by atoms with Crippen molar-refractivity contribution in [3.63, 3.8) is 0 Å². The minimum absolute atomic E-state index is 0.000543. The predicted octanol–water partition coefficient (Wildman–Crippen LogP) is 1.60. The number of hydrogen-bond donors (Lipinski definition) is 4. The lowest BCUT2D eigenvalue weighted by Crippen LogP contribution is -2.48. The van der Waals surface area contributed by atoms with Gasteiger partial charge in [0.2, 0.25) is 0 Å². The lowest BCUT2D eigenvalue weighted by atomic mass is 10.0. The molecule has 0 saturated carbocycles. The maximum atomic E-state index is 13.4. The van der Waals surface area contributed by atoms with E-state index in [1.165, 1.54) is 27.8 Å². The Kier molecular flexibility index (Phi) is 7.93. The van der Waals surface area contributed by atoms with Crippen LogP contribution in [0.1, 0.15) is 35.3 Å². The molecule has 192 valence electrons. The normalized spacial score (nSPS) is 11.4. The molecule has 10 nitrogen and oxygen atoms in total. The van der Waals surface area contributed by atoms with Crippen LogP contribution in [-0.2, 0) is 13.0 Å². The zero-order valence-corrected chi connectivity index (χ0v) is 20.6. The maximum absolute atomic E-state index is 13.4. The number of fused-ring (bicyclic) bond motifs is 1. The van der Waals surface area contributed by atoms with Gasteiger partial charge in [-0.25, -0.2) is 9.18 Å². The van der Waals surface area contributed by atoms with Crippen LogP contribution in [0.4, 0.5) is 9.18 Å². The highest BCUT2D eigenvalue weighted by Gasteiger charge is 2.27. The molecule has 2 aromatic heterocycles. The molecule has 0 aliphatic heterocycles. The Morgan fingerprint density at radius 3 is 2.44 bits per heavy atom. The standard InChI is InChI=1S/C25H30FN5O5/c1-25(2,14-32)29-22(34)19-21(33)20-18(31(23(19)35)10-9-27-24(36)30(3)4)12-16(13-28-20)11-15-5-7-17(26)8-6-15/h5-8,12-13,32-33H,9-11,14H2,1-4H3,(H,27,36)(H,29,34). The third kappa shape index (κ3) is 5.98. The van der Waals surface area contributed by atoms with Gasteiger partial charge in [0.25, 0.3) is 11.5 Å². The van der Waals surface area contributed by atoms with Gasteiger partial charge in [-0.1, -0.05) is 12.1 Å². The van der Waals surface area contributed by atoms with Crippen LogP contribution >= 0.6 is 0 Å². The second kappa shape index (κ2) is 10.7. The Labute approximate surface area is 207 Å². The van der Waals surface area contributed by atoms with Crippen molar-refractivity contribution in [1.82, 2.24) is 25.1 Å². The maximum Gasteiger partial charge on any atom is 0.316 e. The molecule has 0 fully saturated rings. The molecule has 0 aliphatic carbocycles. The Morgan fingerprint density at radius 2 is 1.83 bits per heavy atom. The van der Waals surface area contributed by atoms with Gasteiger partial charge in [0.15, 0.2) is 5.75 Å². The third-order valence-corrected chi connectivity index (χ3v) is 5.55. The van der Waals surface area contributed by atoms with Crippen LogP contribution in [-0.4, -0.2) is 69.4 Å². The number of nitrogens with zero attached hydrogens (tertiary/aromatic N) is 3. The van der Waals surface area contributed by atoms with E-state index in [9.17, 15) is 29.0 Å². The summed E-state index contributed by atoms with van der Waals surface area (Å²) in [6.45, 7) is 2.82. The number of aliphatic hydroxyl groups excluding tert-OH is 1. The molecule has 0 spiro atoms. The minimum Gasteiger partial charge on any atom is -0.505 e. The van der Waals surface area contributed by atoms with Crippen molar-refractivity contribution in [1.29, 1.82) is 0 Å². The molecule has 36 heavy (non-hydrogen) atoms. The predicted molar refractivity (Wildman–Crippen MR) is 133 cm³/mol. The van der Waals surface area contributed by atoms with E-state index in [0.717, 1.165) is 5.56 Å². The largest absolute Gasteiger partial charge is 0.505 e. The second-order valence-electron chi connectivity index (χ2n) is 9.32. The molecule has 0 saturated heterocycles. The summed E-state index contributed by atoms with van der Waals surface area (Å²) in [5, 5.41) is 25.6. The third-order valence-electron chi connectivity index (χ3n) is 5.55. The van der Waals surface area contributed by atoms with E-state index in [1.807, 2.05) is 0 Å². The molecule has 0 aliphatic rings. The van der Waals surface area contributed by atoms with Gasteiger partial charge in [0, 0.05) is 33.4 Å². The average Bonchev–Trinajstić information content (AvgIpc) is 2.82. The lowest BCUT2D eigenvalue weighted by Gasteiger charge is -2.24. The first-order valence-electron chi connectivity index (χ1n) is 11.3. The zero-order chi connectivity index (χ0) is 26.6. The van der Waals surface area contributed by atoms with Crippen molar-refractivity contribution in [2.24, 2.45) is 0 Å². The van der Waals surface area contributed by atoms with Crippen molar-refractivity contribution in [3.8, 4) is 5.75 Å². The molecular formula is C25H30FN5O5. The summed E-state index contributed by atoms with van der Waals surface area (Å²) in [6, 6.07) is 7.27. The number of hydrogen-bond acceptors (Lipinski definition) is 6. The van der Waals surface area contributed by atoms with Crippen LogP contribution in [0.25, 0.3) is 11.0 Å². The zero-order valence-electron chi connectivity index (χ0n) is 20.6. The molecule has 3 rings (SSSR count). The first kappa shape index (κ1) is 26.6. The van der Waals surface area contributed by atoms with Crippen LogP contribution in [0.2, 0.25) is 0 Å². The number of halogens is 1. The first-order chi connectivity index (χ1) is 16.9. The van der Waals surface area contributed by atoms with Crippen LogP contribution in [0.5, 0.6) is 5.75 Å². The lowest BCUT2D eigenvalue weighted by molar-refractivity contribution is 0.0864. The van der Waals surface area contributed by atoms with E-state index in [0.29, 0.717) is 12.0 Å². The SMILES string of the molecule is CN(C)C(=O)NCCn1c(=O)c(C(=O)NC(C)(C)CO)c(O)c2ncc(Cc3ccc(F)cc3)cc21. The van der Waals surface area contributed by atoms with E-state index in [1.54, 1.807) is 46.1 Å². The van der Waals surface area contributed by atoms with Crippen LogP contribution in [0.3, 0.4) is 0 Å². The molecule has 0 radical (unpaired) electrons. The quantitative estimate of drug-likeness (QED) is 0.372. The van der Waals surface area contributed by atoms with Gasteiger partial charge in [-0.15, -0.1) is 0 Å². The van der Waals surface area contributed by atoms with Crippen LogP contribution in [0, 0.1) is 5.82 Å². The topological polar surface area (TPSA) is 137 Å². The summed E-state index contributed by atoms with van der Waals surface area (Å²) in [5.74, 6) is -1.80. The molecular weight excluding hydrogens is 469 g/mol. The Morgan fingerprint density at radius 1 is 1.17 bits per heavy atom. The van der Waals surface area contributed by atoms with Crippen molar-refractivity contribution in [3.05, 3.63) is 69.4 Å². The average molecular weight is 500 g/mol. The molecule has 0 atom stereocenters. The van der Waals surface area contributed by atoms with Crippen molar-refractivity contribution in [2.45, 2.75) is 32.4 Å². The van der Waals surface area contributed by atoms with Gasteiger partial charge in [-0.3, -0.25) is 14.6 Å². The van der Waals surface area contributed by atoms with E-state index in [-0.39, 0.29) is 42.6 Å². The first-order valence-corrected chi connectivity index (χ1v) is 11.3. The second-order valence-corrected chi connectivity index (χ2v) is 9.32. The summed E-state index contributed by atoms with van der Waals surface area (Å²) in [7, 11) is 3.16. The Hall–Kier alpha value is -3.99. The molecule has 3 aromatic rings. The van der Waals surface area contributed by atoms with Crippen molar-refractivity contribution < 1.29 is 24.2 Å². The summed E-state index contributed by atoms with van der Waals surface area (Å²) in [6.07, 6.45) is 1.90. The Bertz CT molecular complexity index is 1340. The summed E-state index contributed by atoms with van der Waals surface area (Å²) in [4.78, 5) is 44.0. The fourth-order valence-corrected chi connectivity index (χ4v) is 3.55. The van der Waals surface area contributed by atoms with E-state index < -0.39 is 28.3 Å². The van der Waals surface area contributed by atoms with E-state index in [4.69, 9.17) is 0 Å². The number of urea groups is 1. The smallest absolute Gasteiger partial charge is 0.316 e. The molecule has 1 aromatic carbocycles. The van der Waals surface area contributed by atoms with Crippen LogP contribution < -0.4 is 16.2 Å². The van der Waals surface area contributed by atoms with Gasteiger partial charge < -0.3 is 30.3 Å². The number of pyridine rings is 2. The highest BCUT2D eigenvalue weighted by atomic mass is 19.1. The molecule has 11 heteroatoms. The molecule has 4 N–H and O–H groups in total. The van der Waals surface area contributed by atoms with Crippen molar-refractivity contribution in [2.75, 3.05) is 27.2 Å². The number of aliphatic hydroxyl groups is 1. The van der Waals surface area contributed by atoms with Crippen LogP contribution in [0.15, 0.2) is 41.3 Å².